The van der Waals surface area contributed by atoms with Gasteiger partial charge in [-0.15, -0.1) is 0 Å². The highest BCUT2D eigenvalue weighted by Gasteiger charge is 2.35. The fourth-order valence-corrected chi connectivity index (χ4v) is 2.84. The molecule has 0 aromatic rings. The van der Waals surface area contributed by atoms with Gasteiger partial charge in [-0.05, 0) is 0 Å². The summed E-state index contributed by atoms with van der Waals surface area (Å²) in [6, 6.07) is 0. The van der Waals surface area contributed by atoms with Crippen molar-refractivity contribution >= 4 is 9.73 Å². The molecule has 1 aliphatic heterocycles. The van der Waals surface area contributed by atoms with Gasteiger partial charge < -0.3 is 9.47 Å². The van der Waals surface area contributed by atoms with Gasteiger partial charge in [-0.25, -0.2) is 4.21 Å². The van der Waals surface area contributed by atoms with Crippen molar-refractivity contribution in [2.75, 3.05) is 25.7 Å². The van der Waals surface area contributed by atoms with Crippen molar-refractivity contribution in [2.45, 2.75) is 18.6 Å². The smallest absolute Gasteiger partial charge is 0.169 e. The summed E-state index contributed by atoms with van der Waals surface area (Å²) in [6.07, 6.45) is 1.12. The number of nitrogens with one attached hydrogen (secondary N) is 1. The molecule has 1 fully saturated rings. The standard InChI is InChI=1S/C7H15NO3S/c1-10-7(11-2)3-5-12(8,9)6-4-7/h8H,3-6H2,1-2H3. The van der Waals surface area contributed by atoms with Gasteiger partial charge in [0.1, 0.15) is 0 Å². The maximum absolute atomic E-state index is 11.3. The molecule has 0 unspecified atom stereocenters. The number of hydrogen-bond acceptors (Lipinski definition) is 4. The third-order valence-electron chi connectivity index (χ3n) is 2.37. The molecular formula is C7H15NO3S. The highest BCUT2D eigenvalue weighted by molar-refractivity contribution is 7.92. The van der Waals surface area contributed by atoms with Crippen molar-refractivity contribution in [2.24, 2.45) is 0 Å². The van der Waals surface area contributed by atoms with Crippen LogP contribution >= 0.6 is 0 Å². The lowest BCUT2D eigenvalue weighted by molar-refractivity contribution is -0.210. The summed E-state index contributed by atoms with van der Waals surface area (Å²) in [5, 5.41) is 0. The van der Waals surface area contributed by atoms with E-state index in [0.717, 1.165) is 0 Å². The maximum Gasteiger partial charge on any atom is 0.169 e. The zero-order valence-electron chi connectivity index (χ0n) is 7.46. The van der Waals surface area contributed by atoms with Crippen LogP contribution in [-0.2, 0) is 19.2 Å². The molecule has 1 aliphatic rings. The highest BCUT2D eigenvalue weighted by atomic mass is 32.2. The molecular weight excluding hydrogens is 178 g/mol. The minimum Gasteiger partial charge on any atom is -0.353 e. The normalized spacial score (nSPS) is 26.8. The minimum atomic E-state index is -2.33. The van der Waals surface area contributed by atoms with Gasteiger partial charge in [-0.3, -0.25) is 4.78 Å². The molecule has 12 heavy (non-hydrogen) atoms. The van der Waals surface area contributed by atoms with E-state index < -0.39 is 15.5 Å². The first-order chi connectivity index (χ1) is 5.54. The molecule has 1 rings (SSSR count). The topological polar surface area (TPSA) is 59.4 Å². The molecule has 0 radical (unpaired) electrons. The summed E-state index contributed by atoms with van der Waals surface area (Å²) in [6.45, 7) is 0. The highest BCUT2D eigenvalue weighted by Crippen LogP contribution is 2.27. The zero-order chi connectivity index (χ0) is 9.24. The SMILES string of the molecule is COC1(OC)CCS(=N)(=O)CC1. The molecule has 0 amide bonds. The first-order valence-electron chi connectivity index (χ1n) is 3.88. The van der Waals surface area contributed by atoms with Gasteiger partial charge in [0.05, 0.1) is 0 Å². The Hall–Kier alpha value is -0.130. The molecule has 0 atom stereocenters. The Bertz CT molecular complexity index is 227. The van der Waals surface area contributed by atoms with Crippen LogP contribution in [0, 0.1) is 4.78 Å². The number of hydrogen-bond donors (Lipinski definition) is 1. The number of rotatable bonds is 2. The second-order valence-electron chi connectivity index (χ2n) is 3.04. The van der Waals surface area contributed by atoms with Crippen molar-refractivity contribution in [1.82, 2.24) is 0 Å². The molecule has 5 heteroatoms. The van der Waals surface area contributed by atoms with Crippen LogP contribution in [0.5, 0.6) is 0 Å². The van der Waals surface area contributed by atoms with Crippen LogP contribution in [0.1, 0.15) is 12.8 Å². The summed E-state index contributed by atoms with van der Waals surface area (Å²) in [5.41, 5.74) is 0. The molecule has 1 saturated heterocycles. The van der Waals surface area contributed by atoms with Gasteiger partial charge in [0, 0.05) is 48.3 Å². The fraction of sp³-hybridized carbons (Fsp3) is 1.00. The van der Waals surface area contributed by atoms with Crippen molar-refractivity contribution in [1.29, 1.82) is 4.78 Å². The second kappa shape index (κ2) is 3.32. The Morgan fingerprint density at radius 2 is 1.67 bits per heavy atom. The monoisotopic (exact) mass is 193 g/mol. The van der Waals surface area contributed by atoms with Crippen LogP contribution in [0.4, 0.5) is 0 Å². The molecule has 72 valence electrons. The second-order valence-corrected chi connectivity index (χ2v) is 5.48. The predicted octanol–water partition coefficient (Wildman–Crippen LogP) is 0.816. The largest absolute Gasteiger partial charge is 0.353 e. The number of methoxy groups -OCH3 is 2. The molecule has 0 aromatic heterocycles. The molecule has 1 N–H and O–H groups in total. The molecule has 0 saturated carbocycles. The van der Waals surface area contributed by atoms with Crippen LogP contribution in [0.15, 0.2) is 0 Å². The lowest BCUT2D eigenvalue weighted by Gasteiger charge is -2.34. The van der Waals surface area contributed by atoms with Gasteiger partial charge >= 0.3 is 0 Å². The minimum absolute atomic E-state index is 0.384. The van der Waals surface area contributed by atoms with Gasteiger partial charge in [-0.1, -0.05) is 0 Å². The Morgan fingerprint density at radius 1 is 1.25 bits per heavy atom. The molecule has 0 spiro atoms. The summed E-state index contributed by atoms with van der Waals surface area (Å²) < 4.78 is 29.0. The quantitative estimate of drug-likeness (QED) is 0.660. The van der Waals surface area contributed by atoms with Crippen molar-refractivity contribution in [3.63, 3.8) is 0 Å². The first kappa shape index (κ1) is 9.95. The summed E-state index contributed by atoms with van der Waals surface area (Å²) >= 11 is 0. The lowest BCUT2D eigenvalue weighted by atomic mass is 10.1. The zero-order valence-corrected chi connectivity index (χ0v) is 8.28. The van der Waals surface area contributed by atoms with Gasteiger partial charge in [0.25, 0.3) is 0 Å². The Labute approximate surface area is 73.2 Å². The van der Waals surface area contributed by atoms with Gasteiger partial charge in [0.15, 0.2) is 5.79 Å². The third kappa shape index (κ3) is 1.97. The fourth-order valence-electron chi connectivity index (χ4n) is 1.36. The van der Waals surface area contributed by atoms with Gasteiger partial charge in [0.2, 0.25) is 0 Å². The van der Waals surface area contributed by atoms with Crippen LogP contribution in [0.2, 0.25) is 0 Å². The molecule has 4 nitrogen and oxygen atoms in total. The van der Waals surface area contributed by atoms with Crippen molar-refractivity contribution in [3.8, 4) is 0 Å². The van der Waals surface area contributed by atoms with Crippen LogP contribution in [0.3, 0.4) is 0 Å². The average molecular weight is 193 g/mol. The van der Waals surface area contributed by atoms with E-state index in [2.05, 4.69) is 0 Å². The molecule has 0 bridgehead atoms. The van der Waals surface area contributed by atoms with Gasteiger partial charge in [-0.2, -0.15) is 0 Å². The van der Waals surface area contributed by atoms with E-state index in [1.165, 1.54) is 0 Å². The van der Waals surface area contributed by atoms with E-state index in [-0.39, 0.29) is 0 Å². The number of ether oxygens (including phenoxy) is 2. The summed E-state index contributed by atoms with van der Waals surface area (Å²) in [5.74, 6) is 0.186. The molecule has 0 aromatic carbocycles. The van der Waals surface area contributed by atoms with Crippen molar-refractivity contribution in [3.05, 3.63) is 0 Å². The van der Waals surface area contributed by atoms with Crippen LogP contribution in [-0.4, -0.2) is 35.7 Å². The Morgan fingerprint density at radius 3 is 2.00 bits per heavy atom. The lowest BCUT2D eigenvalue weighted by Crippen LogP contribution is -2.42. The van der Waals surface area contributed by atoms with E-state index in [1.807, 2.05) is 0 Å². The summed E-state index contributed by atoms with van der Waals surface area (Å²) in [4.78, 5) is 0. The van der Waals surface area contributed by atoms with Crippen LogP contribution < -0.4 is 0 Å². The Balaban J connectivity index is 2.66. The summed E-state index contributed by atoms with van der Waals surface area (Å²) in [7, 11) is 0.834. The third-order valence-corrected chi connectivity index (χ3v) is 4.10. The molecule has 0 aliphatic carbocycles. The Kier molecular flexibility index (Phi) is 2.75. The predicted molar refractivity (Wildman–Crippen MR) is 46.6 cm³/mol. The first-order valence-corrected chi connectivity index (χ1v) is 5.78. The van der Waals surface area contributed by atoms with Crippen molar-refractivity contribution < 1.29 is 13.7 Å². The van der Waals surface area contributed by atoms with E-state index in [9.17, 15) is 4.21 Å². The average Bonchev–Trinajstić information content (AvgIpc) is 2.06. The van der Waals surface area contributed by atoms with E-state index in [0.29, 0.717) is 24.3 Å². The molecule has 1 heterocycles. The maximum atomic E-state index is 11.3. The van der Waals surface area contributed by atoms with E-state index >= 15 is 0 Å². The van der Waals surface area contributed by atoms with E-state index in [4.69, 9.17) is 14.3 Å². The van der Waals surface area contributed by atoms with E-state index in [1.54, 1.807) is 14.2 Å². The van der Waals surface area contributed by atoms with Crippen LogP contribution in [0.25, 0.3) is 0 Å².